The lowest BCUT2D eigenvalue weighted by Crippen LogP contribution is -2.54. The monoisotopic (exact) mass is 611 g/mol. The maximum Gasteiger partial charge on any atom is 0.243 e. The fraction of sp³-hybridized carbons (Fsp3) is 0.371. The number of primary amides is 1. The Hall–Kier alpha value is -4.70. The van der Waals surface area contributed by atoms with Crippen LogP contribution in [0.15, 0.2) is 78.9 Å². The van der Waals surface area contributed by atoms with Gasteiger partial charge in [-0.05, 0) is 66.5 Å². The molecule has 0 radical (unpaired) electrons. The molecule has 4 amide bonds. The number of hydrogen-bond acceptors (Lipinski definition) is 6. The Balaban J connectivity index is 1.30. The van der Waals surface area contributed by atoms with E-state index in [-0.39, 0.29) is 48.8 Å². The number of phenolic OH excluding ortho intramolecular Hbond substituents is 1. The average Bonchev–Trinajstić information content (AvgIpc) is 3.52. The second kappa shape index (κ2) is 14.4. The molecule has 0 saturated carbocycles. The van der Waals surface area contributed by atoms with E-state index in [1.807, 2.05) is 54.6 Å². The van der Waals surface area contributed by atoms with E-state index >= 15 is 0 Å². The lowest BCUT2D eigenvalue weighted by atomic mass is 9.91. The normalized spacial score (nSPS) is 19.0. The molecule has 2 aliphatic heterocycles. The first-order chi connectivity index (χ1) is 21.7. The minimum absolute atomic E-state index is 0.0269. The number of benzene rings is 3. The molecule has 5 rings (SSSR count). The summed E-state index contributed by atoms with van der Waals surface area (Å²) in [6.45, 7) is 0.785. The number of carbonyl (C=O) groups is 4. The van der Waals surface area contributed by atoms with Crippen molar-refractivity contribution in [1.82, 2.24) is 15.1 Å². The van der Waals surface area contributed by atoms with E-state index in [1.54, 1.807) is 34.1 Å². The van der Waals surface area contributed by atoms with Gasteiger partial charge in [0.2, 0.25) is 23.6 Å². The summed E-state index contributed by atoms with van der Waals surface area (Å²) in [5, 5.41) is 12.6. The summed E-state index contributed by atoms with van der Waals surface area (Å²) in [6.07, 6.45) is 2.48. The Bertz CT molecular complexity index is 1510. The molecule has 0 spiro atoms. The van der Waals surface area contributed by atoms with Crippen LogP contribution in [0.1, 0.15) is 47.9 Å². The lowest BCUT2D eigenvalue weighted by Gasteiger charge is -2.37. The Labute approximate surface area is 263 Å². The quantitative estimate of drug-likeness (QED) is 0.260. The van der Waals surface area contributed by atoms with Crippen molar-refractivity contribution in [3.63, 3.8) is 0 Å². The van der Waals surface area contributed by atoms with E-state index in [2.05, 4.69) is 5.32 Å². The number of carbonyl (C=O) groups excluding carboxylic acids is 4. The molecule has 45 heavy (non-hydrogen) atoms. The van der Waals surface area contributed by atoms with Crippen molar-refractivity contribution < 1.29 is 24.3 Å². The standard InChI is InChI=1S/C35H41N5O5/c36-30(18-24-12-14-29(41)15-13-24)35(45)39-16-6-11-31(39)34(44)38-27(17-23-7-2-1-3-8-23)20-33(43)40-22-26-10-5-4-9-25(26)19-28(40)21-32(37)42/h1-5,7-10,12-15,27-28,30-31,41H,6,11,16-22,36H2,(H2,37,42)(H,38,44)/t27-,28-,30-,31-/m0/s1. The minimum atomic E-state index is -0.839. The number of rotatable bonds is 11. The molecule has 10 heteroatoms. The van der Waals surface area contributed by atoms with Crippen LogP contribution in [0, 0.1) is 0 Å². The molecule has 6 N–H and O–H groups in total. The van der Waals surface area contributed by atoms with Gasteiger partial charge in [0.15, 0.2) is 0 Å². The lowest BCUT2D eigenvalue weighted by molar-refractivity contribution is -0.140. The minimum Gasteiger partial charge on any atom is -0.508 e. The second-order valence-corrected chi connectivity index (χ2v) is 12.1. The highest BCUT2D eigenvalue weighted by molar-refractivity contribution is 5.91. The van der Waals surface area contributed by atoms with Crippen LogP contribution in [-0.4, -0.2) is 69.2 Å². The molecule has 2 heterocycles. The van der Waals surface area contributed by atoms with Gasteiger partial charge in [0.25, 0.3) is 0 Å². The molecular formula is C35H41N5O5. The van der Waals surface area contributed by atoms with E-state index < -0.39 is 24.0 Å². The molecular weight excluding hydrogens is 570 g/mol. The molecule has 4 atom stereocenters. The number of likely N-dealkylation sites (tertiary alicyclic amines) is 1. The highest BCUT2D eigenvalue weighted by atomic mass is 16.3. The van der Waals surface area contributed by atoms with Crippen molar-refractivity contribution in [2.24, 2.45) is 11.5 Å². The van der Waals surface area contributed by atoms with Crippen LogP contribution in [0.4, 0.5) is 0 Å². The molecule has 3 aromatic carbocycles. The highest BCUT2D eigenvalue weighted by Gasteiger charge is 2.38. The van der Waals surface area contributed by atoms with Gasteiger partial charge in [0.1, 0.15) is 11.8 Å². The SMILES string of the molecule is NC(=O)C[C@@H]1Cc2ccccc2CN1C(=O)C[C@H](Cc1ccccc1)NC(=O)[C@@H]1CCCN1C(=O)[C@@H](N)Cc1ccc(O)cc1. The van der Waals surface area contributed by atoms with Gasteiger partial charge in [0.05, 0.1) is 6.04 Å². The van der Waals surface area contributed by atoms with Crippen molar-refractivity contribution in [3.05, 3.63) is 101 Å². The first-order valence-corrected chi connectivity index (χ1v) is 15.5. The number of hydrogen-bond donors (Lipinski definition) is 4. The highest BCUT2D eigenvalue weighted by Crippen LogP contribution is 2.27. The number of fused-ring (bicyclic) bond motifs is 1. The molecule has 236 valence electrons. The van der Waals surface area contributed by atoms with Gasteiger partial charge in [-0.1, -0.05) is 66.7 Å². The van der Waals surface area contributed by atoms with Crippen molar-refractivity contribution in [1.29, 1.82) is 0 Å². The summed E-state index contributed by atoms with van der Waals surface area (Å²) in [5.41, 5.74) is 15.8. The predicted molar refractivity (Wildman–Crippen MR) is 170 cm³/mol. The summed E-state index contributed by atoms with van der Waals surface area (Å²) >= 11 is 0. The van der Waals surface area contributed by atoms with E-state index in [1.165, 1.54) is 0 Å². The fourth-order valence-corrected chi connectivity index (χ4v) is 6.48. The number of nitrogens with zero attached hydrogens (tertiary/aromatic N) is 2. The van der Waals surface area contributed by atoms with Gasteiger partial charge in [-0.15, -0.1) is 0 Å². The Morgan fingerprint density at radius 2 is 1.53 bits per heavy atom. The average molecular weight is 612 g/mol. The van der Waals surface area contributed by atoms with Crippen molar-refractivity contribution in [3.8, 4) is 5.75 Å². The van der Waals surface area contributed by atoms with Crippen molar-refractivity contribution in [2.45, 2.75) is 75.7 Å². The van der Waals surface area contributed by atoms with Gasteiger partial charge in [-0.3, -0.25) is 19.2 Å². The zero-order chi connectivity index (χ0) is 31.9. The summed E-state index contributed by atoms with van der Waals surface area (Å²) < 4.78 is 0. The summed E-state index contributed by atoms with van der Waals surface area (Å²) in [7, 11) is 0. The van der Waals surface area contributed by atoms with Crippen molar-refractivity contribution >= 4 is 23.6 Å². The molecule has 3 aromatic rings. The van der Waals surface area contributed by atoms with Crippen LogP contribution >= 0.6 is 0 Å². The largest absolute Gasteiger partial charge is 0.508 e. The first-order valence-electron chi connectivity index (χ1n) is 15.5. The Morgan fingerprint density at radius 3 is 2.24 bits per heavy atom. The summed E-state index contributed by atoms with van der Waals surface area (Å²) in [4.78, 5) is 56.2. The van der Waals surface area contributed by atoms with Gasteiger partial charge >= 0.3 is 0 Å². The molecule has 10 nitrogen and oxygen atoms in total. The first kappa shape index (κ1) is 31.7. The zero-order valence-electron chi connectivity index (χ0n) is 25.3. The topological polar surface area (TPSA) is 159 Å². The number of nitrogens with two attached hydrogens (primary N) is 2. The zero-order valence-corrected chi connectivity index (χ0v) is 25.3. The van der Waals surface area contributed by atoms with E-state index in [4.69, 9.17) is 11.5 Å². The van der Waals surface area contributed by atoms with Gasteiger partial charge in [-0.2, -0.15) is 0 Å². The Kier molecular flexibility index (Phi) is 10.1. The number of phenols is 1. The van der Waals surface area contributed by atoms with Gasteiger partial charge in [0, 0.05) is 38.0 Å². The molecule has 0 unspecified atom stereocenters. The third kappa shape index (κ3) is 8.07. The van der Waals surface area contributed by atoms with E-state index in [0.29, 0.717) is 38.8 Å². The van der Waals surface area contributed by atoms with Crippen LogP contribution in [0.5, 0.6) is 5.75 Å². The number of nitrogens with one attached hydrogen (secondary N) is 1. The van der Waals surface area contributed by atoms with E-state index in [0.717, 1.165) is 22.3 Å². The van der Waals surface area contributed by atoms with Crippen LogP contribution in [-0.2, 0) is 45.0 Å². The predicted octanol–water partition coefficient (Wildman–Crippen LogP) is 2.20. The molecule has 2 aliphatic rings. The van der Waals surface area contributed by atoms with Crippen LogP contribution in [0.2, 0.25) is 0 Å². The third-order valence-corrected chi connectivity index (χ3v) is 8.75. The fourth-order valence-electron chi connectivity index (χ4n) is 6.48. The molecule has 0 bridgehead atoms. The third-order valence-electron chi connectivity index (χ3n) is 8.75. The molecule has 0 aliphatic carbocycles. The molecule has 1 saturated heterocycles. The summed E-state index contributed by atoms with van der Waals surface area (Å²) in [5.74, 6) is -1.14. The van der Waals surface area contributed by atoms with Crippen molar-refractivity contribution in [2.75, 3.05) is 6.54 Å². The molecule has 0 aromatic heterocycles. The number of aromatic hydroxyl groups is 1. The maximum absolute atomic E-state index is 13.9. The summed E-state index contributed by atoms with van der Waals surface area (Å²) in [6, 6.07) is 21.6. The second-order valence-electron chi connectivity index (χ2n) is 12.1. The van der Waals surface area contributed by atoms with Gasteiger partial charge in [-0.25, -0.2) is 0 Å². The van der Waals surface area contributed by atoms with Crippen LogP contribution in [0.3, 0.4) is 0 Å². The van der Waals surface area contributed by atoms with Crippen LogP contribution < -0.4 is 16.8 Å². The van der Waals surface area contributed by atoms with E-state index in [9.17, 15) is 24.3 Å². The number of amides is 4. The Morgan fingerprint density at radius 1 is 0.867 bits per heavy atom. The smallest absolute Gasteiger partial charge is 0.243 e. The maximum atomic E-state index is 13.9. The molecule has 1 fully saturated rings. The van der Waals surface area contributed by atoms with Crippen LogP contribution in [0.25, 0.3) is 0 Å². The van der Waals surface area contributed by atoms with Gasteiger partial charge < -0.3 is 31.7 Å².